The lowest BCUT2D eigenvalue weighted by molar-refractivity contribution is -0.185. The van der Waals surface area contributed by atoms with Crippen molar-refractivity contribution in [2.45, 2.75) is 70.0 Å². The minimum absolute atomic E-state index is 0.101. The molecule has 0 bridgehead atoms. The van der Waals surface area contributed by atoms with Gasteiger partial charge in [0.1, 0.15) is 0 Å². The van der Waals surface area contributed by atoms with E-state index in [-0.39, 0.29) is 18.7 Å². The van der Waals surface area contributed by atoms with Gasteiger partial charge in [-0.2, -0.15) is 13.2 Å². The van der Waals surface area contributed by atoms with Gasteiger partial charge in [-0.3, -0.25) is 4.79 Å². The summed E-state index contributed by atoms with van der Waals surface area (Å²) in [5.41, 5.74) is 1.66. The molecule has 2 fully saturated rings. The summed E-state index contributed by atoms with van der Waals surface area (Å²) in [6, 6.07) is 7.97. The maximum atomic E-state index is 12.9. The summed E-state index contributed by atoms with van der Waals surface area (Å²) in [7, 11) is 0. The molecule has 6 heteroatoms. The van der Waals surface area contributed by atoms with E-state index in [9.17, 15) is 18.0 Å². The molecule has 2 aliphatic carbocycles. The molecule has 2 unspecified atom stereocenters. The number of halogens is 3. The Kier molecular flexibility index (Phi) is 6.09. The Morgan fingerprint density at radius 2 is 1.54 bits per heavy atom. The molecule has 0 saturated heterocycles. The lowest BCUT2D eigenvalue weighted by Gasteiger charge is -2.29. The average molecular weight is 368 g/mol. The second kappa shape index (κ2) is 8.31. The standard InChI is InChI=1S/C20H27F3N2O/c21-20(22,23)15-6-4-5-14(13-15)19(26)25-18-11-9-17(10-12-18)24-16-7-2-1-3-8-16/h9-12,14-16,24H,1-8,13H2,(H,25,26). The molecular formula is C20H27F3N2O. The molecule has 2 saturated carbocycles. The minimum Gasteiger partial charge on any atom is -0.382 e. The Morgan fingerprint density at radius 1 is 0.885 bits per heavy atom. The van der Waals surface area contributed by atoms with Crippen LogP contribution in [0.4, 0.5) is 24.5 Å². The Morgan fingerprint density at radius 3 is 2.19 bits per heavy atom. The van der Waals surface area contributed by atoms with Crippen LogP contribution in [0.1, 0.15) is 57.8 Å². The molecule has 1 amide bonds. The summed E-state index contributed by atoms with van der Waals surface area (Å²) in [5.74, 6) is -2.21. The molecule has 0 aliphatic heterocycles. The highest BCUT2D eigenvalue weighted by Crippen LogP contribution is 2.40. The third-order valence-corrected chi connectivity index (χ3v) is 5.64. The Bertz CT molecular complexity index is 594. The summed E-state index contributed by atoms with van der Waals surface area (Å²) in [6.07, 6.45) is 2.99. The van der Waals surface area contributed by atoms with Crippen LogP contribution in [0, 0.1) is 11.8 Å². The second-order valence-electron chi connectivity index (χ2n) is 7.65. The highest BCUT2D eigenvalue weighted by atomic mass is 19.4. The highest BCUT2D eigenvalue weighted by molar-refractivity contribution is 5.92. The zero-order chi connectivity index (χ0) is 18.6. The highest BCUT2D eigenvalue weighted by Gasteiger charge is 2.43. The van der Waals surface area contributed by atoms with Gasteiger partial charge >= 0.3 is 6.18 Å². The summed E-state index contributed by atoms with van der Waals surface area (Å²) in [6.45, 7) is 0. The maximum Gasteiger partial charge on any atom is 0.391 e. The lowest BCUT2D eigenvalue weighted by Crippen LogP contribution is -2.34. The maximum absolute atomic E-state index is 12.9. The quantitative estimate of drug-likeness (QED) is 0.712. The van der Waals surface area contributed by atoms with Gasteiger partial charge in [-0.15, -0.1) is 0 Å². The number of nitrogens with one attached hydrogen (secondary N) is 2. The molecule has 26 heavy (non-hydrogen) atoms. The van der Waals surface area contributed by atoms with Crippen molar-refractivity contribution >= 4 is 17.3 Å². The van der Waals surface area contributed by atoms with Crippen LogP contribution in [0.15, 0.2) is 24.3 Å². The van der Waals surface area contributed by atoms with Crippen LogP contribution < -0.4 is 10.6 Å². The third kappa shape index (κ3) is 5.15. The zero-order valence-corrected chi connectivity index (χ0v) is 14.9. The van der Waals surface area contributed by atoms with Gasteiger partial charge in [-0.25, -0.2) is 0 Å². The first-order valence-electron chi connectivity index (χ1n) is 9.66. The Labute approximate surface area is 152 Å². The van der Waals surface area contributed by atoms with Crippen LogP contribution in [0.25, 0.3) is 0 Å². The van der Waals surface area contributed by atoms with Crippen LogP contribution in [0.3, 0.4) is 0 Å². The fourth-order valence-electron chi connectivity index (χ4n) is 4.10. The van der Waals surface area contributed by atoms with Crippen molar-refractivity contribution in [1.29, 1.82) is 0 Å². The molecule has 3 nitrogen and oxygen atoms in total. The molecule has 0 heterocycles. The number of alkyl halides is 3. The van der Waals surface area contributed by atoms with Crippen LogP contribution in [0.5, 0.6) is 0 Å². The first-order chi connectivity index (χ1) is 12.4. The molecule has 2 aliphatic rings. The van der Waals surface area contributed by atoms with Crippen molar-refractivity contribution < 1.29 is 18.0 Å². The molecular weight excluding hydrogens is 341 g/mol. The SMILES string of the molecule is O=C(Nc1ccc(NC2CCCCC2)cc1)C1CCCC(C(F)(F)F)C1. The van der Waals surface area contributed by atoms with E-state index in [2.05, 4.69) is 10.6 Å². The normalized spacial score (nSPS) is 24.9. The van der Waals surface area contributed by atoms with Crippen molar-refractivity contribution in [3.05, 3.63) is 24.3 Å². The topological polar surface area (TPSA) is 41.1 Å². The van der Waals surface area contributed by atoms with Gasteiger partial charge in [-0.1, -0.05) is 25.7 Å². The number of anilines is 2. The van der Waals surface area contributed by atoms with E-state index >= 15 is 0 Å². The fourth-order valence-corrected chi connectivity index (χ4v) is 4.10. The molecule has 0 aromatic heterocycles. The van der Waals surface area contributed by atoms with E-state index in [0.29, 0.717) is 24.6 Å². The van der Waals surface area contributed by atoms with Gasteiger partial charge in [0.15, 0.2) is 0 Å². The monoisotopic (exact) mass is 368 g/mol. The first-order valence-corrected chi connectivity index (χ1v) is 9.66. The second-order valence-corrected chi connectivity index (χ2v) is 7.65. The van der Waals surface area contributed by atoms with Crippen molar-refractivity contribution in [1.82, 2.24) is 0 Å². The smallest absolute Gasteiger partial charge is 0.382 e. The van der Waals surface area contributed by atoms with Gasteiger partial charge in [0.05, 0.1) is 5.92 Å². The van der Waals surface area contributed by atoms with Gasteiger partial charge in [0.2, 0.25) is 5.91 Å². The number of amides is 1. The number of hydrogen-bond donors (Lipinski definition) is 2. The number of hydrogen-bond acceptors (Lipinski definition) is 2. The number of carbonyl (C=O) groups excluding carboxylic acids is 1. The van der Waals surface area contributed by atoms with E-state index < -0.39 is 18.0 Å². The number of carbonyl (C=O) groups is 1. The van der Waals surface area contributed by atoms with Gasteiger partial charge < -0.3 is 10.6 Å². The lowest BCUT2D eigenvalue weighted by atomic mass is 9.80. The van der Waals surface area contributed by atoms with E-state index in [1.807, 2.05) is 24.3 Å². The number of benzene rings is 1. The summed E-state index contributed by atoms with van der Waals surface area (Å²) in [4.78, 5) is 12.3. The Hall–Kier alpha value is -1.72. The molecule has 1 aromatic carbocycles. The van der Waals surface area contributed by atoms with E-state index in [0.717, 1.165) is 5.69 Å². The van der Waals surface area contributed by atoms with Gasteiger partial charge in [0.25, 0.3) is 0 Å². The van der Waals surface area contributed by atoms with Crippen LogP contribution >= 0.6 is 0 Å². The van der Waals surface area contributed by atoms with Crippen LogP contribution in [0.2, 0.25) is 0 Å². The minimum atomic E-state index is -4.20. The predicted octanol–water partition coefficient (Wildman–Crippen LogP) is 5.74. The van der Waals surface area contributed by atoms with Crippen molar-refractivity contribution in [3.8, 4) is 0 Å². The van der Waals surface area contributed by atoms with E-state index in [4.69, 9.17) is 0 Å². The average Bonchev–Trinajstić information content (AvgIpc) is 2.63. The van der Waals surface area contributed by atoms with Crippen LogP contribution in [-0.2, 0) is 4.79 Å². The molecule has 3 rings (SSSR count). The van der Waals surface area contributed by atoms with Crippen molar-refractivity contribution in [2.24, 2.45) is 11.8 Å². The first kappa shape index (κ1) is 19.1. The molecule has 2 N–H and O–H groups in total. The van der Waals surface area contributed by atoms with Crippen molar-refractivity contribution in [2.75, 3.05) is 10.6 Å². The summed E-state index contributed by atoms with van der Waals surface area (Å²) >= 11 is 0. The largest absolute Gasteiger partial charge is 0.391 e. The molecule has 2 atom stereocenters. The van der Waals surface area contributed by atoms with E-state index in [1.165, 1.54) is 32.1 Å². The predicted molar refractivity (Wildman–Crippen MR) is 97.1 cm³/mol. The summed E-state index contributed by atoms with van der Waals surface area (Å²) in [5, 5.41) is 6.29. The van der Waals surface area contributed by atoms with Gasteiger partial charge in [-0.05, 0) is 56.4 Å². The Balaban J connectivity index is 1.52. The van der Waals surface area contributed by atoms with Gasteiger partial charge in [0, 0.05) is 23.3 Å². The molecule has 144 valence electrons. The van der Waals surface area contributed by atoms with E-state index in [1.54, 1.807) is 0 Å². The third-order valence-electron chi connectivity index (χ3n) is 5.64. The summed E-state index contributed by atoms with van der Waals surface area (Å²) < 4.78 is 38.7. The fraction of sp³-hybridized carbons (Fsp3) is 0.650. The molecule has 0 radical (unpaired) electrons. The molecule has 1 aromatic rings. The van der Waals surface area contributed by atoms with Crippen LogP contribution in [-0.4, -0.2) is 18.1 Å². The zero-order valence-electron chi connectivity index (χ0n) is 14.9. The molecule has 0 spiro atoms. The van der Waals surface area contributed by atoms with Crippen molar-refractivity contribution in [3.63, 3.8) is 0 Å². The number of rotatable bonds is 4.